The third-order valence-electron chi connectivity index (χ3n) is 9.82. The topological polar surface area (TPSA) is 48.0 Å². The fourth-order valence-corrected chi connectivity index (χ4v) is 9.19. The lowest BCUT2D eigenvalue weighted by atomic mass is 10.0. The van der Waals surface area contributed by atoms with Gasteiger partial charge in [-0.15, -0.1) is 11.3 Å². The quantitative estimate of drug-likeness (QED) is 0.206. The van der Waals surface area contributed by atoms with Gasteiger partial charge < -0.3 is 4.40 Å². The maximum atomic E-state index is 5.18. The van der Waals surface area contributed by atoms with Crippen LogP contribution < -0.4 is 0 Å². The number of aromatic nitrogens is 5. The Labute approximate surface area is 258 Å². The van der Waals surface area contributed by atoms with Gasteiger partial charge in [0.1, 0.15) is 0 Å². The Bertz CT molecular complexity index is 3020. The Balaban J connectivity index is 1.32. The molecule has 0 aliphatic rings. The average molecular weight is 590 g/mol. The van der Waals surface area contributed by atoms with Gasteiger partial charge >= 0.3 is 0 Å². The number of nitrogens with zero attached hydrogens (tertiary/aromatic N) is 5. The van der Waals surface area contributed by atoms with Crippen LogP contribution in [0.2, 0.25) is 0 Å². The highest BCUT2D eigenvalue weighted by Gasteiger charge is 2.29. The number of fused-ring (bicyclic) bond motifs is 2. The van der Waals surface area contributed by atoms with Gasteiger partial charge in [0.15, 0.2) is 11.6 Å². The number of hydrogen-bond donors (Lipinski definition) is 0. The van der Waals surface area contributed by atoms with Gasteiger partial charge in [-0.25, -0.2) is 4.98 Å². The molecular formula is C39H19N5S. The van der Waals surface area contributed by atoms with Gasteiger partial charge in [0.25, 0.3) is 0 Å². The Morgan fingerprint density at radius 3 is 1.69 bits per heavy atom. The zero-order valence-electron chi connectivity index (χ0n) is 23.6. The van der Waals surface area contributed by atoms with E-state index in [0.29, 0.717) is 17.6 Å². The fourth-order valence-electron chi connectivity index (χ4n) is 8.07. The van der Waals surface area contributed by atoms with Crippen molar-refractivity contribution in [2.45, 2.75) is 0 Å². The first-order chi connectivity index (χ1) is 22.3. The lowest BCUT2D eigenvalue weighted by molar-refractivity contribution is 0.954. The minimum atomic E-state index is 0.626. The highest BCUT2D eigenvalue weighted by molar-refractivity contribution is 7.26. The van der Waals surface area contributed by atoms with Crippen molar-refractivity contribution in [3.8, 4) is 28.7 Å². The first-order valence-electron chi connectivity index (χ1n) is 15.1. The van der Waals surface area contributed by atoms with E-state index < -0.39 is 0 Å². The van der Waals surface area contributed by atoms with Gasteiger partial charge in [-0.2, -0.15) is 9.97 Å². The Kier molecular flexibility index (Phi) is 3.83. The van der Waals surface area contributed by atoms with E-state index in [9.17, 15) is 0 Å². The highest BCUT2D eigenvalue weighted by Crippen LogP contribution is 2.52. The van der Waals surface area contributed by atoms with Crippen LogP contribution in [-0.4, -0.2) is 23.9 Å². The molecule has 12 rings (SSSR count). The van der Waals surface area contributed by atoms with E-state index in [-0.39, 0.29) is 0 Å². The van der Waals surface area contributed by atoms with Gasteiger partial charge in [-0.1, -0.05) is 91.0 Å². The molecular weight excluding hydrogens is 571 g/mol. The summed E-state index contributed by atoms with van der Waals surface area (Å²) >= 11 is 1.89. The fraction of sp³-hybridized carbons (Fsp3) is 0. The van der Waals surface area contributed by atoms with Crippen LogP contribution in [0.1, 0.15) is 0 Å². The van der Waals surface area contributed by atoms with E-state index >= 15 is 0 Å². The summed E-state index contributed by atoms with van der Waals surface area (Å²) in [6, 6.07) is 41.0. The summed E-state index contributed by atoms with van der Waals surface area (Å²) in [7, 11) is 0. The molecule has 6 heteroatoms. The third-order valence-corrected chi connectivity index (χ3v) is 10.9. The predicted molar refractivity (Wildman–Crippen MR) is 186 cm³/mol. The molecule has 0 radical (unpaired) electrons. The summed E-state index contributed by atoms with van der Waals surface area (Å²) in [5, 5.41) is 10.5. The highest BCUT2D eigenvalue weighted by atomic mass is 32.1. The minimum Gasteiger partial charge on any atom is -0.307 e. The summed E-state index contributed by atoms with van der Waals surface area (Å²) in [6.45, 7) is 0. The van der Waals surface area contributed by atoms with E-state index in [0.717, 1.165) is 22.2 Å². The number of thiophene rings is 1. The van der Waals surface area contributed by atoms with E-state index in [2.05, 4.69) is 87.8 Å². The minimum absolute atomic E-state index is 0.626. The molecule has 0 fully saturated rings. The molecule has 5 nitrogen and oxygen atoms in total. The summed E-state index contributed by atoms with van der Waals surface area (Å²) in [5.41, 5.74) is 8.07. The maximum absolute atomic E-state index is 5.18. The van der Waals surface area contributed by atoms with Crippen LogP contribution >= 0.6 is 11.3 Å². The van der Waals surface area contributed by atoms with Crippen molar-refractivity contribution < 1.29 is 0 Å². The van der Waals surface area contributed by atoms with Gasteiger partial charge in [0.2, 0.25) is 5.95 Å². The van der Waals surface area contributed by atoms with Crippen LogP contribution in [0, 0.1) is 0 Å². The van der Waals surface area contributed by atoms with Crippen LogP contribution in [-0.2, 0) is 0 Å². The maximum Gasteiger partial charge on any atom is 0.238 e. The van der Waals surface area contributed by atoms with Crippen molar-refractivity contribution in [2.75, 3.05) is 0 Å². The van der Waals surface area contributed by atoms with Crippen molar-refractivity contribution in [1.29, 1.82) is 0 Å². The number of hydrogen-bond acceptors (Lipinski definition) is 4. The van der Waals surface area contributed by atoms with Gasteiger partial charge in [-0.05, 0) is 24.3 Å². The zero-order chi connectivity index (χ0) is 29.0. The van der Waals surface area contributed by atoms with E-state index in [1.165, 1.54) is 69.0 Å². The molecule has 0 amide bonds. The largest absolute Gasteiger partial charge is 0.307 e. The number of rotatable bonds is 3. The first kappa shape index (κ1) is 22.7. The Morgan fingerprint density at radius 2 is 0.978 bits per heavy atom. The molecule has 6 aromatic carbocycles. The van der Waals surface area contributed by atoms with Crippen LogP contribution in [0.3, 0.4) is 0 Å². The standard InChI is InChI=1S/C39H19N5S/c1-3-8-20(9-4-1)37-40-38(21-10-5-2-6-11-21)42-39(41-37)43-26-17-19-28-32-30(26)31-27(43)16-14-24-22-12-7-13-23-25-15-18-29(45-28)33(32)36(25)44(34(22)23)35(24)31/h1-19H. The van der Waals surface area contributed by atoms with Crippen LogP contribution in [0.15, 0.2) is 115 Å². The van der Waals surface area contributed by atoms with Crippen LogP contribution in [0.25, 0.3) is 109 Å². The summed E-state index contributed by atoms with van der Waals surface area (Å²) < 4.78 is 7.47. The molecule has 6 heterocycles. The molecule has 6 aromatic heterocycles. The predicted octanol–water partition coefficient (Wildman–Crippen LogP) is 10.1. The molecule has 0 bridgehead atoms. The molecule has 12 aromatic rings. The molecule has 0 unspecified atom stereocenters. The van der Waals surface area contributed by atoms with Crippen molar-refractivity contribution in [1.82, 2.24) is 23.9 Å². The molecule has 0 saturated heterocycles. The molecule has 0 saturated carbocycles. The van der Waals surface area contributed by atoms with Crippen molar-refractivity contribution in [3.63, 3.8) is 0 Å². The Morgan fingerprint density at radius 1 is 0.422 bits per heavy atom. The zero-order valence-corrected chi connectivity index (χ0v) is 24.4. The summed E-state index contributed by atoms with van der Waals surface area (Å²) in [5.74, 6) is 1.95. The molecule has 0 atom stereocenters. The molecule has 0 spiro atoms. The van der Waals surface area contributed by atoms with Gasteiger partial charge in [0, 0.05) is 63.6 Å². The smallest absolute Gasteiger partial charge is 0.238 e. The second-order valence-corrected chi connectivity index (χ2v) is 13.1. The van der Waals surface area contributed by atoms with Crippen molar-refractivity contribution >= 4 is 91.4 Å². The number of para-hydroxylation sites is 1. The van der Waals surface area contributed by atoms with Gasteiger partial charge in [-0.3, -0.25) is 4.57 Å². The molecule has 45 heavy (non-hydrogen) atoms. The van der Waals surface area contributed by atoms with E-state index in [1.807, 2.05) is 47.7 Å². The Hall–Kier alpha value is -5.85. The molecule has 206 valence electrons. The summed E-state index contributed by atoms with van der Waals surface area (Å²) in [6.07, 6.45) is 0. The second kappa shape index (κ2) is 7.62. The first-order valence-corrected chi connectivity index (χ1v) is 16.0. The summed E-state index contributed by atoms with van der Waals surface area (Å²) in [4.78, 5) is 15.3. The second-order valence-electron chi connectivity index (χ2n) is 12.0. The van der Waals surface area contributed by atoms with Crippen molar-refractivity contribution in [3.05, 3.63) is 115 Å². The number of benzene rings is 6. The average Bonchev–Trinajstić information content (AvgIpc) is 3.81. The van der Waals surface area contributed by atoms with E-state index in [1.54, 1.807) is 0 Å². The van der Waals surface area contributed by atoms with Crippen molar-refractivity contribution in [2.24, 2.45) is 0 Å². The normalized spacial score (nSPS) is 12.9. The molecule has 0 N–H and O–H groups in total. The SMILES string of the molecule is c1ccc(-c2nc(-c3ccccc3)nc(-n3c4ccc5sc6ccc7c8cccc9c%10ccc3c3c4c5c6c7n(c89)c%103)n2)cc1. The van der Waals surface area contributed by atoms with E-state index in [4.69, 9.17) is 15.0 Å². The monoisotopic (exact) mass is 589 g/mol. The molecule has 0 aliphatic heterocycles. The van der Waals surface area contributed by atoms with Crippen LogP contribution in [0.4, 0.5) is 0 Å². The van der Waals surface area contributed by atoms with Crippen LogP contribution in [0.5, 0.6) is 0 Å². The van der Waals surface area contributed by atoms with Gasteiger partial charge in [0.05, 0.1) is 27.6 Å². The molecule has 0 aliphatic carbocycles. The third kappa shape index (κ3) is 2.57. The lowest BCUT2D eigenvalue weighted by Crippen LogP contribution is -2.06. The lowest BCUT2D eigenvalue weighted by Gasteiger charge is -2.11.